The van der Waals surface area contributed by atoms with Crippen molar-refractivity contribution in [2.45, 2.75) is 12.3 Å². The molecule has 0 fully saturated rings. The van der Waals surface area contributed by atoms with Gasteiger partial charge in [-0.3, -0.25) is 0 Å². The molecular weight excluding hydrogens is 217 g/mol. The summed E-state index contributed by atoms with van der Waals surface area (Å²) in [6.45, 7) is 0.586. The van der Waals surface area contributed by atoms with Crippen molar-refractivity contribution >= 4 is 23.2 Å². The first-order valence-corrected chi connectivity index (χ1v) is 5.22. The van der Waals surface area contributed by atoms with E-state index in [0.29, 0.717) is 23.9 Å². The maximum absolute atomic E-state index is 5.91. The molecule has 0 atom stereocenters. The molecule has 2 N–H and O–H groups in total. The Morgan fingerprint density at radius 1 is 1.36 bits per heavy atom. The number of alkyl halides is 1. The van der Waals surface area contributed by atoms with Gasteiger partial charge in [-0.1, -0.05) is 23.4 Å². The molecule has 1 rings (SSSR count). The molecule has 0 aliphatic rings. The van der Waals surface area contributed by atoms with Crippen LogP contribution in [0.1, 0.15) is 17.5 Å². The van der Waals surface area contributed by atoms with Crippen LogP contribution in [-0.4, -0.2) is 6.54 Å². The molecule has 0 aliphatic heterocycles. The molecule has 0 saturated carbocycles. The third-order valence-electron chi connectivity index (χ3n) is 1.69. The fourth-order valence-electron chi connectivity index (χ4n) is 0.992. The topological polar surface area (TPSA) is 26.0 Å². The van der Waals surface area contributed by atoms with Crippen molar-refractivity contribution in [1.82, 2.24) is 0 Å². The highest BCUT2D eigenvalue weighted by atomic mass is 35.5. The summed E-state index contributed by atoms with van der Waals surface area (Å²) in [5.74, 6) is 6.37. The van der Waals surface area contributed by atoms with Crippen LogP contribution < -0.4 is 5.73 Å². The number of nitrogens with two attached hydrogens (primary N) is 1. The Bertz CT molecular complexity index is 363. The predicted octanol–water partition coefficient (Wildman–Crippen LogP) is 2.78. The number of rotatable bonds is 2. The second-order valence-corrected chi connectivity index (χ2v) is 3.45. The van der Waals surface area contributed by atoms with E-state index in [9.17, 15) is 0 Å². The van der Waals surface area contributed by atoms with Crippen molar-refractivity contribution in [1.29, 1.82) is 0 Å². The molecule has 0 spiro atoms. The summed E-state index contributed by atoms with van der Waals surface area (Å²) in [6, 6.07) is 5.59. The van der Waals surface area contributed by atoms with Crippen LogP contribution in [0.25, 0.3) is 0 Å². The molecule has 1 aromatic carbocycles. The van der Waals surface area contributed by atoms with Gasteiger partial charge in [-0.25, -0.2) is 0 Å². The van der Waals surface area contributed by atoms with E-state index >= 15 is 0 Å². The summed E-state index contributed by atoms with van der Waals surface area (Å²) < 4.78 is 0. The predicted molar refractivity (Wildman–Crippen MR) is 61.6 cm³/mol. The van der Waals surface area contributed by atoms with E-state index in [-0.39, 0.29) is 0 Å². The Kier molecular flexibility index (Phi) is 4.82. The van der Waals surface area contributed by atoms with E-state index in [1.54, 1.807) is 0 Å². The maximum atomic E-state index is 5.91. The lowest BCUT2D eigenvalue weighted by Gasteiger charge is -1.99. The first-order chi connectivity index (χ1) is 6.77. The molecule has 0 unspecified atom stereocenters. The van der Waals surface area contributed by atoms with Gasteiger partial charge >= 0.3 is 0 Å². The minimum atomic E-state index is 0.408. The fraction of sp³-hybridized carbons (Fsp3) is 0.273. The Balaban J connectivity index is 2.86. The molecule has 0 bridgehead atoms. The molecule has 1 aromatic rings. The van der Waals surface area contributed by atoms with E-state index in [2.05, 4.69) is 11.8 Å². The van der Waals surface area contributed by atoms with Gasteiger partial charge in [0.2, 0.25) is 0 Å². The lowest BCUT2D eigenvalue weighted by molar-refractivity contribution is 1.03. The fourth-order valence-corrected chi connectivity index (χ4v) is 1.47. The molecule has 0 saturated heterocycles. The van der Waals surface area contributed by atoms with Crippen LogP contribution in [0, 0.1) is 11.8 Å². The average Bonchev–Trinajstić information content (AvgIpc) is 2.21. The van der Waals surface area contributed by atoms with Crippen molar-refractivity contribution in [3.8, 4) is 11.8 Å². The number of halogens is 2. The van der Waals surface area contributed by atoms with Crippen LogP contribution in [-0.2, 0) is 5.88 Å². The van der Waals surface area contributed by atoms with Crippen LogP contribution in [0.4, 0.5) is 0 Å². The number of hydrogen-bond acceptors (Lipinski definition) is 1. The monoisotopic (exact) mass is 227 g/mol. The van der Waals surface area contributed by atoms with Gasteiger partial charge in [-0.2, -0.15) is 0 Å². The van der Waals surface area contributed by atoms with Crippen molar-refractivity contribution < 1.29 is 0 Å². The van der Waals surface area contributed by atoms with E-state index in [4.69, 9.17) is 28.9 Å². The van der Waals surface area contributed by atoms with Crippen molar-refractivity contribution in [3.05, 3.63) is 34.3 Å². The SMILES string of the molecule is NCCC#Cc1ccc(Cl)c(CCl)c1. The highest BCUT2D eigenvalue weighted by Gasteiger charge is 1.98. The number of hydrogen-bond donors (Lipinski definition) is 1. The van der Waals surface area contributed by atoms with Gasteiger partial charge in [0.1, 0.15) is 0 Å². The summed E-state index contributed by atoms with van der Waals surface area (Å²) in [7, 11) is 0. The molecular formula is C11H11Cl2N. The van der Waals surface area contributed by atoms with Crippen LogP contribution in [0.2, 0.25) is 5.02 Å². The molecule has 0 aromatic heterocycles. The minimum Gasteiger partial charge on any atom is -0.330 e. The molecule has 0 heterocycles. The summed E-state index contributed by atoms with van der Waals surface area (Å²) in [6.07, 6.45) is 0.707. The highest BCUT2D eigenvalue weighted by Crippen LogP contribution is 2.18. The quantitative estimate of drug-likeness (QED) is 0.611. The smallest absolute Gasteiger partial charge is 0.0489 e. The van der Waals surface area contributed by atoms with Crippen molar-refractivity contribution in [2.24, 2.45) is 5.73 Å². The van der Waals surface area contributed by atoms with Gasteiger partial charge in [0.05, 0.1) is 0 Å². The Morgan fingerprint density at radius 3 is 2.79 bits per heavy atom. The third kappa shape index (κ3) is 3.23. The lowest BCUT2D eigenvalue weighted by Crippen LogP contribution is -1.95. The van der Waals surface area contributed by atoms with Crippen molar-refractivity contribution in [3.63, 3.8) is 0 Å². The van der Waals surface area contributed by atoms with Crippen LogP contribution in [0.5, 0.6) is 0 Å². The molecule has 14 heavy (non-hydrogen) atoms. The van der Waals surface area contributed by atoms with Crippen LogP contribution in [0.3, 0.4) is 0 Å². The molecule has 74 valence electrons. The van der Waals surface area contributed by atoms with Crippen LogP contribution in [0.15, 0.2) is 18.2 Å². The molecule has 0 amide bonds. The zero-order valence-corrected chi connectivity index (χ0v) is 9.20. The van der Waals surface area contributed by atoms with Gasteiger partial charge in [0.25, 0.3) is 0 Å². The first kappa shape index (κ1) is 11.4. The summed E-state index contributed by atoms with van der Waals surface area (Å²) in [5, 5.41) is 0.685. The number of benzene rings is 1. The summed E-state index contributed by atoms with van der Waals surface area (Å²) in [5.41, 5.74) is 7.17. The molecule has 3 heteroatoms. The van der Waals surface area contributed by atoms with Gasteiger partial charge < -0.3 is 5.73 Å². The normalized spacial score (nSPS) is 9.36. The third-order valence-corrected chi connectivity index (χ3v) is 2.35. The zero-order valence-electron chi connectivity index (χ0n) is 7.69. The summed E-state index contributed by atoms with van der Waals surface area (Å²) >= 11 is 11.6. The molecule has 1 nitrogen and oxygen atoms in total. The summed E-state index contributed by atoms with van der Waals surface area (Å²) in [4.78, 5) is 0. The Morgan fingerprint density at radius 2 is 2.14 bits per heavy atom. The van der Waals surface area contributed by atoms with E-state index < -0.39 is 0 Å². The van der Waals surface area contributed by atoms with Crippen molar-refractivity contribution in [2.75, 3.05) is 6.54 Å². The minimum absolute atomic E-state index is 0.408. The largest absolute Gasteiger partial charge is 0.330 e. The second kappa shape index (κ2) is 5.93. The highest BCUT2D eigenvalue weighted by molar-refractivity contribution is 6.32. The maximum Gasteiger partial charge on any atom is 0.0489 e. The lowest BCUT2D eigenvalue weighted by atomic mass is 10.1. The van der Waals surface area contributed by atoms with Gasteiger partial charge in [0, 0.05) is 29.4 Å². The van der Waals surface area contributed by atoms with Crippen LogP contribution >= 0.6 is 23.2 Å². The molecule has 0 aliphatic carbocycles. The Labute approximate surface area is 94.2 Å². The van der Waals surface area contributed by atoms with E-state index in [0.717, 1.165) is 11.1 Å². The Hall–Kier alpha value is -0.680. The van der Waals surface area contributed by atoms with E-state index in [1.165, 1.54) is 0 Å². The molecule has 0 radical (unpaired) electrons. The van der Waals surface area contributed by atoms with Gasteiger partial charge in [-0.15, -0.1) is 11.6 Å². The van der Waals surface area contributed by atoms with E-state index in [1.807, 2.05) is 18.2 Å². The zero-order chi connectivity index (χ0) is 10.4. The van der Waals surface area contributed by atoms with Gasteiger partial charge in [0.15, 0.2) is 0 Å². The first-order valence-electron chi connectivity index (χ1n) is 4.31. The standard InChI is InChI=1S/C11H11Cl2N/c12-8-10-7-9(3-1-2-6-14)4-5-11(10)13/h4-5,7H,2,6,8,14H2. The van der Waals surface area contributed by atoms with Gasteiger partial charge in [-0.05, 0) is 23.8 Å². The average molecular weight is 228 g/mol. The second-order valence-electron chi connectivity index (χ2n) is 2.78.